The monoisotopic (exact) mass is 436 g/mol. The third kappa shape index (κ3) is 6.55. The Morgan fingerprint density at radius 1 is 1.19 bits per heavy atom. The number of aryl methyl sites for hydroxylation is 2. The van der Waals surface area contributed by atoms with E-state index in [4.69, 9.17) is 11.5 Å². The molecule has 0 saturated heterocycles. The van der Waals surface area contributed by atoms with Gasteiger partial charge in [-0.1, -0.05) is 60.2 Å². The second-order valence-corrected chi connectivity index (χ2v) is 8.67. The summed E-state index contributed by atoms with van der Waals surface area (Å²) in [6, 6.07) is 15.6. The molecule has 0 bridgehead atoms. The quantitative estimate of drug-likeness (QED) is 0.343. The number of aliphatic imine (C=N–C) groups is 1. The van der Waals surface area contributed by atoms with E-state index in [1.165, 1.54) is 22.5 Å². The van der Waals surface area contributed by atoms with Crippen LogP contribution in [-0.2, 0) is 6.42 Å². The van der Waals surface area contributed by atoms with Crippen molar-refractivity contribution < 1.29 is 4.79 Å². The Morgan fingerprint density at radius 3 is 2.61 bits per heavy atom. The van der Waals surface area contributed by atoms with Gasteiger partial charge in [-0.2, -0.15) is 0 Å². The van der Waals surface area contributed by atoms with Gasteiger partial charge in [0.1, 0.15) is 0 Å². The van der Waals surface area contributed by atoms with E-state index in [0.717, 1.165) is 22.6 Å². The first-order valence-electron chi connectivity index (χ1n) is 10.1. The highest BCUT2D eigenvalue weighted by Crippen LogP contribution is 2.33. The molecule has 1 unspecified atom stereocenters. The van der Waals surface area contributed by atoms with Crippen molar-refractivity contribution in [3.63, 3.8) is 0 Å². The molecular weight excluding hydrogens is 408 g/mol. The topological polar surface area (TPSA) is 118 Å². The number of carbonyl (C=O) groups is 1. The van der Waals surface area contributed by atoms with Gasteiger partial charge in [-0.05, 0) is 49.4 Å². The number of nitrogens with zero attached hydrogens (tertiary/aromatic N) is 2. The van der Waals surface area contributed by atoms with Crippen LogP contribution >= 0.6 is 11.3 Å². The summed E-state index contributed by atoms with van der Waals surface area (Å²) in [5.41, 5.74) is 16.7. The molecule has 31 heavy (non-hydrogen) atoms. The molecule has 0 radical (unpaired) electrons. The number of anilines is 1. The van der Waals surface area contributed by atoms with Crippen molar-refractivity contribution >= 4 is 34.1 Å². The highest BCUT2D eigenvalue weighted by atomic mass is 32.1. The molecule has 0 fully saturated rings. The van der Waals surface area contributed by atoms with Gasteiger partial charge in [0, 0.05) is 6.54 Å². The number of rotatable bonds is 6. The van der Waals surface area contributed by atoms with E-state index in [1.54, 1.807) is 0 Å². The Bertz CT molecular complexity index is 1070. The van der Waals surface area contributed by atoms with Gasteiger partial charge in [-0.15, -0.1) is 0 Å². The number of urea groups is 1. The number of carbonyl (C=O) groups excluding carboxylic acids is 1. The zero-order valence-electron chi connectivity index (χ0n) is 18.0. The van der Waals surface area contributed by atoms with E-state index in [-0.39, 0.29) is 12.0 Å². The Morgan fingerprint density at radius 2 is 1.94 bits per heavy atom. The maximum atomic E-state index is 12.2. The summed E-state index contributed by atoms with van der Waals surface area (Å²) in [5.74, 6) is 0.319. The van der Waals surface area contributed by atoms with Crippen molar-refractivity contribution in [2.24, 2.45) is 16.6 Å². The van der Waals surface area contributed by atoms with Gasteiger partial charge in [0.2, 0.25) is 5.96 Å². The van der Waals surface area contributed by atoms with Crippen LogP contribution in [0.1, 0.15) is 23.7 Å². The van der Waals surface area contributed by atoms with Crippen molar-refractivity contribution in [3.8, 4) is 10.4 Å². The van der Waals surface area contributed by atoms with Crippen molar-refractivity contribution in [1.29, 1.82) is 0 Å². The van der Waals surface area contributed by atoms with Crippen LogP contribution in [0.2, 0.25) is 0 Å². The Labute approximate surface area is 186 Å². The molecule has 6 N–H and O–H groups in total. The highest BCUT2D eigenvalue weighted by Gasteiger charge is 2.10. The minimum absolute atomic E-state index is 0.0291. The lowest BCUT2D eigenvalue weighted by Gasteiger charge is -2.13. The largest absolute Gasteiger partial charge is 0.375 e. The molecule has 0 spiro atoms. The van der Waals surface area contributed by atoms with Gasteiger partial charge in [-0.25, -0.2) is 14.8 Å². The van der Waals surface area contributed by atoms with Crippen molar-refractivity contribution in [2.75, 3.05) is 12.3 Å². The second-order valence-electron chi connectivity index (χ2n) is 7.64. The molecule has 162 valence electrons. The van der Waals surface area contributed by atoms with Gasteiger partial charge in [0.05, 0.1) is 16.3 Å². The van der Waals surface area contributed by atoms with Crippen molar-refractivity contribution in [2.45, 2.75) is 27.2 Å². The molecule has 2 aromatic carbocycles. The van der Waals surface area contributed by atoms with E-state index in [1.807, 2.05) is 31.2 Å². The lowest BCUT2D eigenvalue weighted by atomic mass is 10.0. The Hall–Kier alpha value is -3.39. The fraction of sp³-hybridized carbons (Fsp3) is 0.261. The molecule has 0 aliphatic rings. The number of hydrogen-bond donors (Lipinski definition) is 4. The maximum absolute atomic E-state index is 12.2. The standard InChI is InChI=1S/C23H28N6OS/c1-14-7-9-17(10-8-14)11-15(2)13-26-23(30)29-21(24)28-19-6-4-5-18(12-19)20-16(3)27-22(25)31-20/h4-10,12,15H,11,13H2,1-3H3,(H2,25,27)(H4,24,26,28,29,30). The molecule has 8 heteroatoms. The smallest absolute Gasteiger partial charge is 0.321 e. The first-order valence-corrected chi connectivity index (χ1v) is 10.9. The lowest BCUT2D eigenvalue weighted by molar-refractivity contribution is 0.243. The molecule has 7 nitrogen and oxygen atoms in total. The minimum Gasteiger partial charge on any atom is -0.375 e. The summed E-state index contributed by atoms with van der Waals surface area (Å²) in [7, 11) is 0. The van der Waals surface area contributed by atoms with Crippen LogP contribution in [0.25, 0.3) is 10.4 Å². The van der Waals surface area contributed by atoms with Crippen molar-refractivity contribution in [1.82, 2.24) is 15.6 Å². The molecule has 3 rings (SSSR count). The van der Waals surface area contributed by atoms with Crippen LogP contribution in [0, 0.1) is 19.8 Å². The average molecular weight is 437 g/mol. The van der Waals surface area contributed by atoms with Crippen LogP contribution in [0.15, 0.2) is 53.5 Å². The molecule has 0 saturated carbocycles. The molecule has 2 amide bonds. The second kappa shape index (κ2) is 10.1. The summed E-state index contributed by atoms with van der Waals surface area (Å²) in [4.78, 5) is 21.7. The number of aromatic nitrogens is 1. The SMILES string of the molecule is Cc1ccc(CC(C)CNC(=O)NC(N)=Nc2cccc(-c3sc(N)nc3C)c2)cc1. The van der Waals surface area contributed by atoms with E-state index >= 15 is 0 Å². The summed E-state index contributed by atoms with van der Waals surface area (Å²) < 4.78 is 0. The number of amides is 2. The Balaban J connectivity index is 1.54. The normalized spacial score (nSPS) is 12.4. The molecular formula is C23H28N6OS. The number of guanidine groups is 1. The fourth-order valence-corrected chi connectivity index (χ4v) is 4.02. The third-order valence-electron chi connectivity index (χ3n) is 4.73. The average Bonchev–Trinajstić information content (AvgIpc) is 3.06. The lowest BCUT2D eigenvalue weighted by Crippen LogP contribution is -2.44. The summed E-state index contributed by atoms with van der Waals surface area (Å²) in [6.07, 6.45) is 0.887. The number of benzene rings is 2. The van der Waals surface area contributed by atoms with Crippen LogP contribution < -0.4 is 22.1 Å². The Kier molecular flexibility index (Phi) is 7.25. The predicted molar refractivity (Wildman–Crippen MR) is 129 cm³/mol. The molecule has 1 heterocycles. The molecule has 3 aromatic rings. The van der Waals surface area contributed by atoms with Crippen LogP contribution in [-0.4, -0.2) is 23.5 Å². The van der Waals surface area contributed by atoms with E-state index in [9.17, 15) is 4.79 Å². The highest BCUT2D eigenvalue weighted by molar-refractivity contribution is 7.18. The molecule has 1 aromatic heterocycles. The minimum atomic E-state index is -0.376. The number of nitrogen functional groups attached to an aromatic ring is 1. The van der Waals surface area contributed by atoms with Gasteiger partial charge in [0.25, 0.3) is 0 Å². The van der Waals surface area contributed by atoms with E-state index in [0.29, 0.717) is 23.3 Å². The van der Waals surface area contributed by atoms with Crippen LogP contribution in [0.3, 0.4) is 0 Å². The van der Waals surface area contributed by atoms with Gasteiger partial charge >= 0.3 is 6.03 Å². The number of nitrogens with one attached hydrogen (secondary N) is 2. The number of hydrogen-bond acceptors (Lipinski definition) is 5. The molecule has 1 atom stereocenters. The van der Waals surface area contributed by atoms with E-state index in [2.05, 4.69) is 58.7 Å². The summed E-state index contributed by atoms with van der Waals surface area (Å²) in [6.45, 7) is 6.61. The van der Waals surface area contributed by atoms with Crippen LogP contribution in [0.4, 0.5) is 15.6 Å². The van der Waals surface area contributed by atoms with Crippen molar-refractivity contribution in [3.05, 3.63) is 65.4 Å². The van der Waals surface area contributed by atoms with E-state index < -0.39 is 0 Å². The van der Waals surface area contributed by atoms with Crippen LogP contribution in [0.5, 0.6) is 0 Å². The van der Waals surface area contributed by atoms with Gasteiger partial charge < -0.3 is 16.8 Å². The first kappa shape index (κ1) is 22.3. The van der Waals surface area contributed by atoms with Gasteiger partial charge in [-0.3, -0.25) is 5.32 Å². The summed E-state index contributed by atoms with van der Waals surface area (Å²) in [5, 5.41) is 5.95. The molecule has 0 aliphatic carbocycles. The zero-order chi connectivity index (χ0) is 22.4. The predicted octanol–water partition coefficient (Wildman–Crippen LogP) is 4.13. The fourth-order valence-electron chi connectivity index (χ4n) is 3.19. The maximum Gasteiger partial charge on any atom is 0.321 e. The van der Waals surface area contributed by atoms with Gasteiger partial charge in [0.15, 0.2) is 5.13 Å². The first-order chi connectivity index (χ1) is 14.8. The molecule has 0 aliphatic heterocycles. The number of thiazole rings is 1. The number of nitrogens with two attached hydrogens (primary N) is 2. The zero-order valence-corrected chi connectivity index (χ0v) is 18.8. The third-order valence-corrected chi connectivity index (χ3v) is 5.76. The summed E-state index contributed by atoms with van der Waals surface area (Å²) >= 11 is 1.42.